The summed E-state index contributed by atoms with van der Waals surface area (Å²) in [6, 6.07) is 5.39. The van der Waals surface area contributed by atoms with Crippen LogP contribution in [0.5, 0.6) is 5.75 Å². The Morgan fingerprint density at radius 3 is 2.88 bits per heavy atom. The Balaban J connectivity index is 2.95. The van der Waals surface area contributed by atoms with Gasteiger partial charge in [-0.3, -0.25) is 0 Å². The summed E-state index contributed by atoms with van der Waals surface area (Å²) in [6.07, 6.45) is 2.03. The van der Waals surface area contributed by atoms with Gasteiger partial charge in [0.25, 0.3) is 0 Å². The van der Waals surface area contributed by atoms with Crippen molar-refractivity contribution in [2.75, 3.05) is 6.61 Å². The third kappa shape index (κ3) is 3.14. The van der Waals surface area contributed by atoms with Gasteiger partial charge in [-0.05, 0) is 25.5 Å². The van der Waals surface area contributed by atoms with Crippen LogP contribution in [0.2, 0.25) is 5.02 Å². The van der Waals surface area contributed by atoms with Gasteiger partial charge in [0.05, 0.1) is 17.3 Å². The number of hydrogen-bond donors (Lipinski definition) is 1. The van der Waals surface area contributed by atoms with E-state index >= 15 is 0 Å². The van der Waals surface area contributed by atoms with Crippen LogP contribution < -0.4 is 4.74 Å². The standard InChI is InChI=1S/C12H16ClNO2/c1-3-4-8-16-12-10(9(2)14-15)6-5-7-11(12)13/h5-7,15H,3-4,8H2,1-2H3/b14-9+. The van der Waals surface area contributed by atoms with Crippen LogP contribution in [0.15, 0.2) is 23.4 Å². The van der Waals surface area contributed by atoms with Gasteiger partial charge >= 0.3 is 0 Å². The highest BCUT2D eigenvalue weighted by Gasteiger charge is 2.10. The SMILES string of the molecule is CCCCOc1c(Cl)cccc1/C(C)=N/O. The Hall–Kier alpha value is -1.22. The van der Waals surface area contributed by atoms with Crippen molar-refractivity contribution in [3.63, 3.8) is 0 Å². The fourth-order valence-corrected chi connectivity index (χ4v) is 1.54. The van der Waals surface area contributed by atoms with E-state index in [0.29, 0.717) is 23.1 Å². The Morgan fingerprint density at radius 2 is 2.25 bits per heavy atom. The van der Waals surface area contributed by atoms with E-state index in [0.717, 1.165) is 18.4 Å². The first-order chi connectivity index (χ1) is 7.70. The van der Waals surface area contributed by atoms with Crippen molar-refractivity contribution in [1.29, 1.82) is 0 Å². The molecule has 1 rings (SSSR count). The van der Waals surface area contributed by atoms with Crippen LogP contribution >= 0.6 is 11.6 Å². The maximum Gasteiger partial charge on any atom is 0.147 e. The average molecular weight is 242 g/mol. The zero-order chi connectivity index (χ0) is 12.0. The van der Waals surface area contributed by atoms with Gasteiger partial charge in [-0.15, -0.1) is 0 Å². The maximum absolute atomic E-state index is 8.76. The molecular weight excluding hydrogens is 226 g/mol. The van der Waals surface area contributed by atoms with Crippen molar-refractivity contribution in [2.24, 2.45) is 5.16 Å². The molecule has 0 fully saturated rings. The average Bonchev–Trinajstić information content (AvgIpc) is 2.30. The van der Waals surface area contributed by atoms with Crippen LogP contribution in [-0.2, 0) is 0 Å². The van der Waals surface area contributed by atoms with Gasteiger partial charge in [0.15, 0.2) is 0 Å². The number of benzene rings is 1. The molecular formula is C12H16ClNO2. The van der Waals surface area contributed by atoms with Crippen molar-refractivity contribution >= 4 is 17.3 Å². The van der Waals surface area contributed by atoms with Crippen LogP contribution in [0.1, 0.15) is 32.3 Å². The van der Waals surface area contributed by atoms with E-state index in [9.17, 15) is 0 Å². The number of nitrogens with zero attached hydrogens (tertiary/aromatic N) is 1. The van der Waals surface area contributed by atoms with Gasteiger partial charge in [-0.1, -0.05) is 36.2 Å². The molecule has 0 heterocycles. The first-order valence-corrected chi connectivity index (χ1v) is 5.68. The number of unbranched alkanes of at least 4 members (excludes halogenated alkanes) is 1. The second kappa shape index (κ2) is 6.38. The lowest BCUT2D eigenvalue weighted by atomic mass is 10.1. The van der Waals surface area contributed by atoms with Crippen molar-refractivity contribution in [2.45, 2.75) is 26.7 Å². The van der Waals surface area contributed by atoms with Crippen molar-refractivity contribution < 1.29 is 9.94 Å². The van der Waals surface area contributed by atoms with E-state index in [2.05, 4.69) is 12.1 Å². The highest BCUT2D eigenvalue weighted by Crippen LogP contribution is 2.29. The van der Waals surface area contributed by atoms with Gasteiger partial charge in [0.2, 0.25) is 0 Å². The summed E-state index contributed by atoms with van der Waals surface area (Å²) in [4.78, 5) is 0. The highest BCUT2D eigenvalue weighted by atomic mass is 35.5. The monoisotopic (exact) mass is 241 g/mol. The van der Waals surface area contributed by atoms with Crippen molar-refractivity contribution in [1.82, 2.24) is 0 Å². The predicted octanol–water partition coefficient (Wildman–Crippen LogP) is 3.72. The number of ether oxygens (including phenoxy) is 1. The lowest BCUT2D eigenvalue weighted by molar-refractivity contribution is 0.306. The Labute approximate surface area is 101 Å². The molecule has 0 saturated heterocycles. The Kier molecular flexibility index (Phi) is 5.12. The van der Waals surface area contributed by atoms with Gasteiger partial charge in [0.1, 0.15) is 5.75 Å². The quantitative estimate of drug-likeness (QED) is 0.370. The molecule has 4 heteroatoms. The second-order valence-corrected chi connectivity index (χ2v) is 3.91. The summed E-state index contributed by atoms with van der Waals surface area (Å²) >= 11 is 6.05. The molecule has 0 atom stereocenters. The van der Waals surface area contributed by atoms with Gasteiger partial charge in [0, 0.05) is 5.56 Å². The molecule has 0 unspecified atom stereocenters. The Morgan fingerprint density at radius 1 is 1.50 bits per heavy atom. The molecule has 16 heavy (non-hydrogen) atoms. The summed E-state index contributed by atoms with van der Waals surface area (Å²) in [5, 5.41) is 12.5. The fraction of sp³-hybridized carbons (Fsp3) is 0.417. The molecule has 0 amide bonds. The summed E-state index contributed by atoms with van der Waals surface area (Å²) in [5.41, 5.74) is 1.22. The number of halogens is 1. The van der Waals surface area contributed by atoms with E-state index in [1.807, 2.05) is 6.07 Å². The summed E-state index contributed by atoms with van der Waals surface area (Å²) in [5.74, 6) is 0.591. The topological polar surface area (TPSA) is 41.8 Å². The minimum Gasteiger partial charge on any atom is -0.491 e. The molecule has 88 valence electrons. The Bertz CT molecular complexity index is 377. The lowest BCUT2D eigenvalue weighted by Gasteiger charge is -2.11. The first kappa shape index (κ1) is 12.8. The van der Waals surface area contributed by atoms with Gasteiger partial charge in [-0.2, -0.15) is 0 Å². The lowest BCUT2D eigenvalue weighted by Crippen LogP contribution is -2.04. The van der Waals surface area contributed by atoms with E-state index < -0.39 is 0 Å². The number of rotatable bonds is 5. The van der Waals surface area contributed by atoms with Crippen LogP contribution in [0.25, 0.3) is 0 Å². The van der Waals surface area contributed by atoms with Gasteiger partial charge in [-0.25, -0.2) is 0 Å². The molecule has 1 N–H and O–H groups in total. The maximum atomic E-state index is 8.76. The molecule has 0 radical (unpaired) electrons. The normalized spacial score (nSPS) is 11.6. The molecule has 0 aliphatic rings. The summed E-state index contributed by atoms with van der Waals surface area (Å²) < 4.78 is 5.61. The van der Waals surface area contributed by atoms with Gasteiger partial charge < -0.3 is 9.94 Å². The molecule has 0 saturated carbocycles. The largest absolute Gasteiger partial charge is 0.491 e. The number of hydrogen-bond acceptors (Lipinski definition) is 3. The zero-order valence-corrected chi connectivity index (χ0v) is 10.3. The molecule has 0 aliphatic carbocycles. The molecule has 3 nitrogen and oxygen atoms in total. The minimum atomic E-state index is 0.494. The predicted molar refractivity (Wildman–Crippen MR) is 65.9 cm³/mol. The van der Waals surface area contributed by atoms with Crippen LogP contribution in [0.3, 0.4) is 0 Å². The summed E-state index contributed by atoms with van der Waals surface area (Å²) in [6.45, 7) is 4.42. The molecule has 1 aromatic rings. The highest BCUT2D eigenvalue weighted by molar-refractivity contribution is 6.32. The molecule has 0 aromatic heterocycles. The van der Waals surface area contributed by atoms with E-state index in [1.165, 1.54) is 0 Å². The third-order valence-electron chi connectivity index (χ3n) is 2.25. The minimum absolute atomic E-state index is 0.494. The first-order valence-electron chi connectivity index (χ1n) is 5.31. The van der Waals surface area contributed by atoms with Crippen LogP contribution in [0, 0.1) is 0 Å². The molecule has 0 aliphatic heterocycles. The van der Waals surface area contributed by atoms with Crippen LogP contribution in [-0.4, -0.2) is 17.5 Å². The molecule has 0 spiro atoms. The zero-order valence-electron chi connectivity index (χ0n) is 9.53. The van der Waals surface area contributed by atoms with E-state index in [4.69, 9.17) is 21.5 Å². The summed E-state index contributed by atoms with van der Waals surface area (Å²) in [7, 11) is 0. The van der Waals surface area contributed by atoms with Crippen molar-refractivity contribution in [3.05, 3.63) is 28.8 Å². The van der Waals surface area contributed by atoms with E-state index in [-0.39, 0.29) is 0 Å². The fourth-order valence-electron chi connectivity index (χ4n) is 1.31. The van der Waals surface area contributed by atoms with Crippen LogP contribution in [0.4, 0.5) is 0 Å². The molecule has 0 bridgehead atoms. The third-order valence-corrected chi connectivity index (χ3v) is 2.55. The molecule has 1 aromatic carbocycles. The van der Waals surface area contributed by atoms with E-state index in [1.54, 1.807) is 19.1 Å². The van der Waals surface area contributed by atoms with Crippen molar-refractivity contribution in [3.8, 4) is 5.75 Å². The smallest absolute Gasteiger partial charge is 0.147 e. The number of oxime groups is 1. The second-order valence-electron chi connectivity index (χ2n) is 3.50. The number of para-hydroxylation sites is 1.